The van der Waals surface area contributed by atoms with Crippen LogP contribution >= 0.6 is 0 Å². The van der Waals surface area contributed by atoms with Crippen molar-refractivity contribution in [2.75, 3.05) is 13.1 Å². The summed E-state index contributed by atoms with van der Waals surface area (Å²) in [4.78, 5) is 14.0. The summed E-state index contributed by atoms with van der Waals surface area (Å²) in [6, 6.07) is 7.52. The first-order chi connectivity index (χ1) is 9.56. The average Bonchev–Trinajstić information content (AvgIpc) is 2.45. The van der Waals surface area contributed by atoms with Crippen molar-refractivity contribution in [1.82, 2.24) is 4.90 Å². The van der Waals surface area contributed by atoms with Crippen LogP contribution < -0.4 is 0 Å². The van der Waals surface area contributed by atoms with E-state index in [0.29, 0.717) is 18.7 Å². The Morgan fingerprint density at radius 3 is 2.70 bits per heavy atom. The molecule has 0 saturated carbocycles. The third kappa shape index (κ3) is 4.05. The maximum absolute atomic E-state index is 12.3. The largest absolute Gasteiger partial charge is 0.391 e. The number of carbonyl (C=O) groups is 1. The van der Waals surface area contributed by atoms with Gasteiger partial charge in [-0.2, -0.15) is 0 Å². The highest BCUT2D eigenvalue weighted by atomic mass is 16.5. The third-order valence-corrected chi connectivity index (χ3v) is 3.47. The number of nitrogens with zero attached hydrogens (tertiary/aromatic N) is 1. The Balaban J connectivity index is 1.96. The second-order valence-electron chi connectivity index (χ2n) is 5.60. The van der Waals surface area contributed by atoms with Crippen molar-refractivity contribution in [3.05, 3.63) is 35.4 Å². The van der Waals surface area contributed by atoms with Crippen LogP contribution in [0.1, 0.15) is 42.6 Å². The molecular weight excluding hydrogens is 254 g/mol. The summed E-state index contributed by atoms with van der Waals surface area (Å²) in [7, 11) is 0. The SMILES string of the molecule is CC(C)OCc1ccc(C(=O)N2CCCC(O)C2)cc1. The fourth-order valence-electron chi connectivity index (χ4n) is 2.33. The molecule has 1 fully saturated rings. The smallest absolute Gasteiger partial charge is 0.253 e. The van der Waals surface area contributed by atoms with E-state index in [1.165, 1.54) is 0 Å². The van der Waals surface area contributed by atoms with Crippen molar-refractivity contribution in [2.45, 2.75) is 45.5 Å². The Hall–Kier alpha value is -1.39. The molecule has 0 aromatic heterocycles. The molecule has 1 aliphatic rings. The van der Waals surface area contributed by atoms with Gasteiger partial charge in [-0.1, -0.05) is 12.1 Å². The number of piperidine rings is 1. The molecule has 2 rings (SSSR count). The van der Waals surface area contributed by atoms with Crippen LogP contribution in [0, 0.1) is 0 Å². The molecule has 20 heavy (non-hydrogen) atoms. The Bertz CT molecular complexity index is 442. The summed E-state index contributed by atoms with van der Waals surface area (Å²) in [6.07, 6.45) is 1.47. The number of hydrogen-bond donors (Lipinski definition) is 1. The number of benzene rings is 1. The number of aliphatic hydroxyl groups excluding tert-OH is 1. The molecule has 1 saturated heterocycles. The summed E-state index contributed by atoms with van der Waals surface area (Å²) in [6.45, 7) is 5.73. The van der Waals surface area contributed by atoms with E-state index in [1.54, 1.807) is 4.90 Å². The van der Waals surface area contributed by atoms with Gasteiger partial charge in [0.2, 0.25) is 0 Å². The van der Waals surface area contributed by atoms with Gasteiger partial charge >= 0.3 is 0 Å². The maximum Gasteiger partial charge on any atom is 0.253 e. The first-order valence-corrected chi connectivity index (χ1v) is 7.24. The average molecular weight is 277 g/mol. The van der Waals surface area contributed by atoms with Gasteiger partial charge in [0, 0.05) is 18.7 Å². The number of likely N-dealkylation sites (tertiary alicyclic amines) is 1. The maximum atomic E-state index is 12.3. The van der Waals surface area contributed by atoms with Gasteiger partial charge in [-0.25, -0.2) is 0 Å². The molecule has 1 aliphatic heterocycles. The zero-order valence-electron chi connectivity index (χ0n) is 12.2. The van der Waals surface area contributed by atoms with Crippen molar-refractivity contribution in [3.63, 3.8) is 0 Å². The number of ether oxygens (including phenoxy) is 1. The lowest BCUT2D eigenvalue weighted by atomic mass is 10.1. The highest BCUT2D eigenvalue weighted by Crippen LogP contribution is 2.15. The number of amides is 1. The molecule has 0 aliphatic carbocycles. The van der Waals surface area contributed by atoms with Crippen LogP contribution in [0.4, 0.5) is 0 Å². The Morgan fingerprint density at radius 1 is 1.40 bits per heavy atom. The molecule has 4 nitrogen and oxygen atoms in total. The first-order valence-electron chi connectivity index (χ1n) is 7.24. The lowest BCUT2D eigenvalue weighted by Gasteiger charge is -2.30. The van der Waals surface area contributed by atoms with Gasteiger partial charge in [-0.15, -0.1) is 0 Å². The summed E-state index contributed by atoms with van der Waals surface area (Å²) >= 11 is 0. The highest BCUT2D eigenvalue weighted by molar-refractivity contribution is 5.94. The van der Waals surface area contributed by atoms with E-state index in [4.69, 9.17) is 4.74 Å². The third-order valence-electron chi connectivity index (χ3n) is 3.47. The molecule has 1 aromatic carbocycles. The lowest BCUT2D eigenvalue weighted by molar-refractivity contribution is 0.0473. The molecule has 1 unspecified atom stereocenters. The molecule has 1 aromatic rings. The van der Waals surface area contributed by atoms with Gasteiger partial charge in [0.15, 0.2) is 0 Å². The topological polar surface area (TPSA) is 49.8 Å². The van der Waals surface area contributed by atoms with Crippen LogP contribution in [0.15, 0.2) is 24.3 Å². The van der Waals surface area contributed by atoms with E-state index < -0.39 is 0 Å². The molecule has 1 N–H and O–H groups in total. The van der Waals surface area contributed by atoms with E-state index in [-0.39, 0.29) is 18.1 Å². The van der Waals surface area contributed by atoms with Gasteiger partial charge in [0.1, 0.15) is 0 Å². The Labute approximate surface area is 120 Å². The lowest BCUT2D eigenvalue weighted by Crippen LogP contribution is -2.42. The first kappa shape index (κ1) is 15.0. The summed E-state index contributed by atoms with van der Waals surface area (Å²) in [5.41, 5.74) is 1.74. The minimum atomic E-state index is -0.383. The molecule has 1 heterocycles. The zero-order valence-corrected chi connectivity index (χ0v) is 12.2. The molecule has 0 radical (unpaired) electrons. The van der Waals surface area contributed by atoms with Crippen LogP contribution in [0.2, 0.25) is 0 Å². The summed E-state index contributed by atoms with van der Waals surface area (Å²) in [5.74, 6) is 0.0000722. The van der Waals surface area contributed by atoms with E-state index >= 15 is 0 Å². The molecule has 1 amide bonds. The standard InChI is InChI=1S/C16H23NO3/c1-12(2)20-11-13-5-7-14(8-6-13)16(19)17-9-3-4-15(18)10-17/h5-8,12,15,18H,3-4,9-11H2,1-2H3. The predicted octanol–water partition coefficient (Wildman–Crippen LogP) is 2.21. The van der Waals surface area contributed by atoms with Crippen LogP contribution in [0.3, 0.4) is 0 Å². The van der Waals surface area contributed by atoms with E-state index in [1.807, 2.05) is 38.1 Å². The van der Waals surface area contributed by atoms with Crippen LogP contribution in [0.25, 0.3) is 0 Å². The second-order valence-corrected chi connectivity index (χ2v) is 5.60. The number of hydrogen-bond acceptors (Lipinski definition) is 3. The minimum absolute atomic E-state index is 0.0000722. The molecule has 4 heteroatoms. The monoisotopic (exact) mass is 277 g/mol. The molecule has 110 valence electrons. The number of carbonyl (C=O) groups excluding carboxylic acids is 1. The van der Waals surface area contributed by atoms with Gasteiger partial charge in [0.25, 0.3) is 5.91 Å². The molecular formula is C16H23NO3. The van der Waals surface area contributed by atoms with Gasteiger partial charge in [-0.05, 0) is 44.4 Å². The van der Waals surface area contributed by atoms with Crippen molar-refractivity contribution in [2.24, 2.45) is 0 Å². The minimum Gasteiger partial charge on any atom is -0.391 e. The Kier molecular flexibility index (Phi) is 5.15. The van der Waals surface area contributed by atoms with E-state index in [9.17, 15) is 9.90 Å². The van der Waals surface area contributed by atoms with Gasteiger partial charge < -0.3 is 14.7 Å². The second kappa shape index (κ2) is 6.86. The molecule has 0 spiro atoms. The van der Waals surface area contributed by atoms with Crippen LogP contribution in [0.5, 0.6) is 0 Å². The molecule has 0 bridgehead atoms. The van der Waals surface area contributed by atoms with Crippen molar-refractivity contribution in [1.29, 1.82) is 0 Å². The van der Waals surface area contributed by atoms with Gasteiger partial charge in [-0.3, -0.25) is 4.79 Å². The van der Waals surface area contributed by atoms with Crippen molar-refractivity contribution in [3.8, 4) is 0 Å². The normalized spacial score (nSPS) is 19.4. The number of rotatable bonds is 4. The van der Waals surface area contributed by atoms with Crippen molar-refractivity contribution < 1.29 is 14.6 Å². The fraction of sp³-hybridized carbons (Fsp3) is 0.562. The van der Waals surface area contributed by atoms with Crippen LogP contribution in [-0.4, -0.2) is 41.2 Å². The number of aliphatic hydroxyl groups is 1. The zero-order chi connectivity index (χ0) is 14.5. The Morgan fingerprint density at radius 2 is 2.10 bits per heavy atom. The highest BCUT2D eigenvalue weighted by Gasteiger charge is 2.22. The van der Waals surface area contributed by atoms with Crippen LogP contribution in [-0.2, 0) is 11.3 Å². The van der Waals surface area contributed by atoms with E-state index in [2.05, 4.69) is 0 Å². The predicted molar refractivity (Wildman–Crippen MR) is 77.5 cm³/mol. The quantitative estimate of drug-likeness (QED) is 0.918. The summed E-state index contributed by atoms with van der Waals surface area (Å²) < 4.78 is 5.53. The molecule has 1 atom stereocenters. The number of β-amino-alcohol motifs (C(OH)–C–C–N with tert-alkyl or cyclic N) is 1. The summed E-state index contributed by atoms with van der Waals surface area (Å²) in [5, 5.41) is 9.63. The van der Waals surface area contributed by atoms with Gasteiger partial charge in [0.05, 0.1) is 18.8 Å². The van der Waals surface area contributed by atoms with E-state index in [0.717, 1.165) is 24.9 Å². The van der Waals surface area contributed by atoms with Crippen molar-refractivity contribution >= 4 is 5.91 Å². The fourth-order valence-corrected chi connectivity index (χ4v) is 2.33.